The van der Waals surface area contributed by atoms with Gasteiger partial charge in [0.2, 0.25) is 0 Å². The molecule has 28 heavy (non-hydrogen) atoms. The van der Waals surface area contributed by atoms with E-state index in [-0.39, 0.29) is 6.61 Å². The summed E-state index contributed by atoms with van der Waals surface area (Å²) >= 11 is 12.1. The van der Waals surface area contributed by atoms with Crippen LogP contribution in [0.3, 0.4) is 0 Å². The van der Waals surface area contributed by atoms with Crippen LogP contribution in [-0.4, -0.2) is 47.8 Å². The number of aliphatic hydroxyl groups excluding tert-OH is 2. The maximum Gasteiger partial charge on any atom is 0.185 e. The predicted molar refractivity (Wildman–Crippen MR) is 102 cm³/mol. The molecule has 0 radical (unpaired) electrons. The number of hydrogen-bond acceptors (Lipinski definition) is 6. The number of hydrogen-bond donors (Lipinski definition) is 2. The van der Waals surface area contributed by atoms with Crippen molar-refractivity contribution in [2.75, 3.05) is 13.2 Å². The van der Waals surface area contributed by atoms with Gasteiger partial charge in [0.05, 0.1) is 13.2 Å². The van der Waals surface area contributed by atoms with Crippen molar-refractivity contribution in [3.05, 3.63) is 69.7 Å². The Labute approximate surface area is 172 Å². The number of halogens is 2. The second kappa shape index (κ2) is 8.65. The molecule has 2 heterocycles. The standard InChI is InChI=1S/C20H20Cl2O6/c21-13-5-1-3-11(7-13)19-25-10-16-18(17(24)15(9-23)26-19)28-20(27-16)12-4-2-6-14(22)8-12/h1-8,15-20,23-24H,9-10H2/t15-,16+,17-,18-,19?,20?/m1/s1. The summed E-state index contributed by atoms with van der Waals surface area (Å²) in [5, 5.41) is 21.6. The Morgan fingerprint density at radius 3 is 2.14 bits per heavy atom. The lowest BCUT2D eigenvalue weighted by atomic mass is 10.0. The highest BCUT2D eigenvalue weighted by molar-refractivity contribution is 6.30. The van der Waals surface area contributed by atoms with Crippen molar-refractivity contribution in [2.45, 2.75) is 37.0 Å². The molecule has 2 aromatic rings. The summed E-state index contributed by atoms with van der Waals surface area (Å²) in [5.74, 6) is 0. The Kier molecular flexibility index (Phi) is 6.20. The largest absolute Gasteiger partial charge is 0.394 e. The number of fused-ring (bicyclic) bond motifs is 1. The summed E-state index contributed by atoms with van der Waals surface area (Å²) in [6, 6.07) is 14.2. The Bertz CT molecular complexity index is 819. The third-order valence-corrected chi connectivity index (χ3v) is 5.27. The molecule has 0 spiro atoms. The first-order valence-corrected chi connectivity index (χ1v) is 9.68. The molecule has 0 aromatic heterocycles. The van der Waals surface area contributed by atoms with Crippen LogP contribution in [0.4, 0.5) is 0 Å². The first kappa shape index (κ1) is 20.1. The van der Waals surface area contributed by atoms with Gasteiger partial charge < -0.3 is 29.2 Å². The van der Waals surface area contributed by atoms with E-state index >= 15 is 0 Å². The van der Waals surface area contributed by atoms with E-state index in [2.05, 4.69) is 0 Å². The topological polar surface area (TPSA) is 77.4 Å². The molecule has 2 unspecified atom stereocenters. The molecule has 4 rings (SSSR count). The molecule has 6 atom stereocenters. The van der Waals surface area contributed by atoms with Crippen LogP contribution >= 0.6 is 23.2 Å². The number of ether oxygens (including phenoxy) is 4. The maximum absolute atomic E-state index is 10.8. The fraction of sp³-hybridized carbons (Fsp3) is 0.400. The van der Waals surface area contributed by atoms with Crippen molar-refractivity contribution in [3.8, 4) is 0 Å². The van der Waals surface area contributed by atoms with Gasteiger partial charge in [-0.1, -0.05) is 47.5 Å². The van der Waals surface area contributed by atoms with Crippen molar-refractivity contribution in [1.29, 1.82) is 0 Å². The number of rotatable bonds is 3. The van der Waals surface area contributed by atoms with Crippen LogP contribution in [0.25, 0.3) is 0 Å². The van der Waals surface area contributed by atoms with E-state index in [0.29, 0.717) is 15.6 Å². The van der Waals surface area contributed by atoms with E-state index in [0.717, 1.165) is 5.56 Å². The van der Waals surface area contributed by atoms with Gasteiger partial charge in [-0.3, -0.25) is 0 Å². The van der Waals surface area contributed by atoms with Gasteiger partial charge in [-0.2, -0.15) is 0 Å². The molecule has 0 bridgehead atoms. The molecule has 2 aromatic carbocycles. The SMILES string of the molecule is OC[C@H]1OC(c2cccc(Cl)c2)OC[C@@H]2OC(c3cccc(Cl)c3)O[C@H]2[C@@H]1O. The van der Waals surface area contributed by atoms with Crippen LogP contribution in [0.1, 0.15) is 23.7 Å². The molecule has 0 amide bonds. The molecule has 2 fully saturated rings. The average molecular weight is 427 g/mol. The fourth-order valence-electron chi connectivity index (χ4n) is 3.39. The van der Waals surface area contributed by atoms with Crippen LogP contribution in [-0.2, 0) is 18.9 Å². The van der Waals surface area contributed by atoms with E-state index in [1.165, 1.54) is 0 Å². The quantitative estimate of drug-likeness (QED) is 0.784. The molecule has 6 nitrogen and oxygen atoms in total. The third-order valence-electron chi connectivity index (χ3n) is 4.79. The van der Waals surface area contributed by atoms with E-state index < -0.39 is 43.6 Å². The van der Waals surface area contributed by atoms with Crippen molar-refractivity contribution in [3.63, 3.8) is 0 Å². The van der Waals surface area contributed by atoms with Crippen molar-refractivity contribution in [1.82, 2.24) is 0 Å². The minimum Gasteiger partial charge on any atom is -0.394 e. The van der Waals surface area contributed by atoms with E-state index in [9.17, 15) is 10.2 Å². The molecule has 2 aliphatic rings. The highest BCUT2D eigenvalue weighted by atomic mass is 35.5. The van der Waals surface area contributed by atoms with Crippen LogP contribution in [0, 0.1) is 0 Å². The normalized spacial score (nSPS) is 33.1. The minimum atomic E-state index is -1.11. The lowest BCUT2D eigenvalue weighted by molar-refractivity contribution is -0.241. The molecular weight excluding hydrogens is 407 g/mol. The minimum absolute atomic E-state index is 0.133. The average Bonchev–Trinajstić information content (AvgIpc) is 3.10. The second-order valence-electron chi connectivity index (χ2n) is 6.73. The highest BCUT2D eigenvalue weighted by Gasteiger charge is 2.46. The van der Waals surface area contributed by atoms with Gasteiger partial charge in [0.15, 0.2) is 12.6 Å². The van der Waals surface area contributed by atoms with Crippen LogP contribution in [0.15, 0.2) is 48.5 Å². The fourth-order valence-corrected chi connectivity index (χ4v) is 3.79. The summed E-state index contributed by atoms with van der Waals surface area (Å²) in [6.07, 6.45) is -4.79. The maximum atomic E-state index is 10.8. The smallest absolute Gasteiger partial charge is 0.185 e. The number of aliphatic hydroxyl groups is 2. The Hall–Kier alpha value is -1.22. The lowest BCUT2D eigenvalue weighted by Crippen LogP contribution is -2.49. The summed E-state index contributed by atoms with van der Waals surface area (Å²) in [7, 11) is 0. The van der Waals surface area contributed by atoms with E-state index in [4.69, 9.17) is 42.1 Å². The molecule has 2 N–H and O–H groups in total. The van der Waals surface area contributed by atoms with Crippen LogP contribution < -0.4 is 0 Å². The summed E-state index contributed by atoms with van der Waals surface area (Å²) < 4.78 is 23.6. The molecule has 2 aliphatic heterocycles. The van der Waals surface area contributed by atoms with E-state index in [1.807, 2.05) is 6.07 Å². The Morgan fingerprint density at radius 1 is 0.893 bits per heavy atom. The summed E-state index contributed by atoms with van der Waals surface area (Å²) in [4.78, 5) is 0. The molecule has 150 valence electrons. The molecule has 0 aliphatic carbocycles. The monoisotopic (exact) mass is 426 g/mol. The van der Waals surface area contributed by atoms with Crippen molar-refractivity contribution >= 4 is 23.2 Å². The molecule has 0 saturated carbocycles. The highest BCUT2D eigenvalue weighted by Crippen LogP contribution is 2.38. The van der Waals surface area contributed by atoms with Gasteiger partial charge in [-0.05, 0) is 24.3 Å². The zero-order valence-corrected chi connectivity index (χ0v) is 16.3. The van der Waals surface area contributed by atoms with Crippen molar-refractivity contribution < 1.29 is 29.2 Å². The van der Waals surface area contributed by atoms with Gasteiger partial charge in [-0.15, -0.1) is 0 Å². The van der Waals surface area contributed by atoms with Crippen molar-refractivity contribution in [2.24, 2.45) is 0 Å². The Morgan fingerprint density at radius 2 is 1.54 bits per heavy atom. The Balaban J connectivity index is 1.56. The van der Waals surface area contributed by atoms with Gasteiger partial charge >= 0.3 is 0 Å². The molecule has 2 saturated heterocycles. The third kappa shape index (κ3) is 4.20. The zero-order chi connectivity index (χ0) is 19.7. The van der Waals surface area contributed by atoms with Crippen LogP contribution in [0.2, 0.25) is 10.0 Å². The summed E-state index contributed by atoms with van der Waals surface area (Å²) in [6.45, 7) is -0.274. The van der Waals surface area contributed by atoms with E-state index in [1.54, 1.807) is 42.5 Å². The number of benzene rings is 2. The zero-order valence-electron chi connectivity index (χ0n) is 14.8. The predicted octanol–water partition coefficient (Wildman–Crippen LogP) is 3.24. The molecule has 8 heteroatoms. The molecular formula is C20H20Cl2O6. The van der Waals surface area contributed by atoms with Crippen LogP contribution in [0.5, 0.6) is 0 Å². The second-order valence-corrected chi connectivity index (χ2v) is 7.60. The van der Waals surface area contributed by atoms with Gasteiger partial charge in [0.1, 0.15) is 24.4 Å². The van der Waals surface area contributed by atoms with Gasteiger partial charge in [0.25, 0.3) is 0 Å². The first-order chi connectivity index (χ1) is 13.5. The van der Waals surface area contributed by atoms with Gasteiger partial charge in [0, 0.05) is 21.2 Å². The lowest BCUT2D eigenvalue weighted by Gasteiger charge is -2.34. The summed E-state index contributed by atoms with van der Waals surface area (Å²) in [5.41, 5.74) is 1.42. The van der Waals surface area contributed by atoms with Gasteiger partial charge in [-0.25, -0.2) is 0 Å². The first-order valence-electron chi connectivity index (χ1n) is 8.93.